The molecule has 0 saturated heterocycles. The smallest absolute Gasteiger partial charge is 0.209 e. The van der Waals surface area contributed by atoms with Crippen molar-refractivity contribution >= 4 is 11.8 Å². The molecule has 1 aliphatic carbocycles. The van der Waals surface area contributed by atoms with Gasteiger partial charge in [0, 0.05) is 11.8 Å². The fraction of sp³-hybridized carbons (Fsp3) is 0.462. The van der Waals surface area contributed by atoms with Gasteiger partial charge in [-0.3, -0.25) is 0 Å². The number of aryl methyl sites for hydroxylation is 1. The Balaban J connectivity index is 1.65. The maximum absolute atomic E-state index is 6.26. The first kappa shape index (κ1) is 12.6. The average molecular weight is 275 g/mol. The summed E-state index contributed by atoms with van der Waals surface area (Å²) < 4.78 is 1.93. The highest BCUT2D eigenvalue weighted by atomic mass is 32.2. The second kappa shape index (κ2) is 5.30. The fourth-order valence-electron chi connectivity index (χ4n) is 2.09. The Morgan fingerprint density at radius 3 is 2.95 bits per heavy atom. The standard InChI is InChI=1S/C13H17N5S/c1-9-4-2-3-5-11(9)12(14)8-19-13-15-16-17-18(13)10-6-7-10/h2-5,10,12H,6-8,14H2,1H3. The minimum absolute atomic E-state index is 0.00977. The first-order chi connectivity index (χ1) is 9.25. The summed E-state index contributed by atoms with van der Waals surface area (Å²) in [5, 5.41) is 12.7. The number of nitrogens with two attached hydrogens (primary N) is 1. The SMILES string of the molecule is Cc1ccccc1C(N)CSc1nnnn1C1CC1. The van der Waals surface area contributed by atoms with Crippen LogP contribution in [0, 0.1) is 6.92 Å². The van der Waals surface area contributed by atoms with Crippen molar-refractivity contribution in [1.29, 1.82) is 0 Å². The number of hydrogen-bond acceptors (Lipinski definition) is 5. The van der Waals surface area contributed by atoms with Gasteiger partial charge in [0.05, 0.1) is 6.04 Å². The van der Waals surface area contributed by atoms with E-state index < -0.39 is 0 Å². The number of nitrogens with zero attached hydrogens (tertiary/aromatic N) is 4. The molecular weight excluding hydrogens is 258 g/mol. The second-order valence-corrected chi connectivity index (χ2v) is 5.90. The molecule has 100 valence electrons. The first-order valence-electron chi connectivity index (χ1n) is 6.47. The van der Waals surface area contributed by atoms with Crippen LogP contribution < -0.4 is 5.73 Å². The largest absolute Gasteiger partial charge is 0.323 e. The highest BCUT2D eigenvalue weighted by Crippen LogP contribution is 2.36. The van der Waals surface area contributed by atoms with Gasteiger partial charge in [-0.1, -0.05) is 36.0 Å². The predicted molar refractivity (Wildman–Crippen MR) is 74.9 cm³/mol. The number of benzene rings is 1. The van der Waals surface area contributed by atoms with Crippen molar-refractivity contribution in [2.45, 2.75) is 37.0 Å². The molecule has 1 saturated carbocycles. The van der Waals surface area contributed by atoms with Gasteiger partial charge in [-0.25, -0.2) is 4.68 Å². The van der Waals surface area contributed by atoms with Crippen molar-refractivity contribution in [2.75, 3.05) is 5.75 Å². The van der Waals surface area contributed by atoms with E-state index in [1.165, 1.54) is 24.0 Å². The normalized spacial score (nSPS) is 16.5. The lowest BCUT2D eigenvalue weighted by atomic mass is 10.0. The molecule has 5 nitrogen and oxygen atoms in total. The Morgan fingerprint density at radius 1 is 1.42 bits per heavy atom. The van der Waals surface area contributed by atoms with E-state index in [2.05, 4.69) is 34.6 Å². The van der Waals surface area contributed by atoms with Gasteiger partial charge in [0.1, 0.15) is 0 Å². The van der Waals surface area contributed by atoms with E-state index in [0.29, 0.717) is 6.04 Å². The maximum Gasteiger partial charge on any atom is 0.209 e. The molecule has 1 aliphatic rings. The molecule has 0 radical (unpaired) electrons. The fourth-order valence-corrected chi connectivity index (χ4v) is 3.01. The molecule has 0 aliphatic heterocycles. The van der Waals surface area contributed by atoms with Crippen LogP contribution in [-0.4, -0.2) is 26.0 Å². The van der Waals surface area contributed by atoms with Crippen molar-refractivity contribution in [3.8, 4) is 0 Å². The third kappa shape index (κ3) is 2.79. The Morgan fingerprint density at radius 2 is 2.21 bits per heavy atom. The molecular formula is C13H17N5S. The Hall–Kier alpha value is -1.40. The van der Waals surface area contributed by atoms with Crippen molar-refractivity contribution in [3.63, 3.8) is 0 Å². The molecule has 1 aromatic heterocycles. The monoisotopic (exact) mass is 275 g/mol. The number of rotatable bonds is 5. The summed E-state index contributed by atoms with van der Waals surface area (Å²) in [4.78, 5) is 0. The van der Waals surface area contributed by atoms with E-state index in [9.17, 15) is 0 Å². The molecule has 0 bridgehead atoms. The molecule has 6 heteroatoms. The van der Waals surface area contributed by atoms with E-state index >= 15 is 0 Å². The average Bonchev–Trinajstić information content (AvgIpc) is 3.15. The van der Waals surface area contributed by atoms with E-state index in [1.54, 1.807) is 11.8 Å². The quantitative estimate of drug-likeness (QED) is 0.846. The minimum atomic E-state index is 0.00977. The summed E-state index contributed by atoms with van der Waals surface area (Å²) in [6.07, 6.45) is 2.37. The second-order valence-electron chi connectivity index (χ2n) is 4.91. The van der Waals surface area contributed by atoms with Gasteiger partial charge in [-0.2, -0.15) is 0 Å². The maximum atomic E-state index is 6.26. The highest BCUT2D eigenvalue weighted by Gasteiger charge is 2.28. The van der Waals surface area contributed by atoms with Gasteiger partial charge < -0.3 is 5.73 Å². The van der Waals surface area contributed by atoms with Crippen LogP contribution in [0.4, 0.5) is 0 Å². The Labute approximate surface area is 116 Å². The van der Waals surface area contributed by atoms with Crippen LogP contribution in [0.3, 0.4) is 0 Å². The van der Waals surface area contributed by atoms with Crippen molar-refractivity contribution in [2.24, 2.45) is 5.73 Å². The number of aromatic nitrogens is 4. The Bertz CT molecular complexity index is 564. The van der Waals surface area contributed by atoms with E-state index in [1.807, 2.05) is 16.8 Å². The van der Waals surface area contributed by atoms with Crippen LogP contribution in [0.15, 0.2) is 29.4 Å². The van der Waals surface area contributed by atoms with Crippen molar-refractivity contribution in [3.05, 3.63) is 35.4 Å². The molecule has 1 heterocycles. The minimum Gasteiger partial charge on any atom is -0.323 e. The molecule has 2 N–H and O–H groups in total. The predicted octanol–water partition coefficient (Wildman–Crippen LogP) is 2.11. The zero-order valence-electron chi connectivity index (χ0n) is 10.9. The lowest BCUT2D eigenvalue weighted by Crippen LogP contribution is -2.14. The molecule has 1 atom stereocenters. The van der Waals surface area contributed by atoms with Crippen LogP contribution in [-0.2, 0) is 0 Å². The van der Waals surface area contributed by atoms with Crippen LogP contribution in [0.1, 0.15) is 36.1 Å². The van der Waals surface area contributed by atoms with Crippen LogP contribution in [0.5, 0.6) is 0 Å². The van der Waals surface area contributed by atoms with Gasteiger partial charge in [0.25, 0.3) is 0 Å². The topological polar surface area (TPSA) is 69.6 Å². The molecule has 0 spiro atoms. The summed E-state index contributed by atoms with van der Waals surface area (Å²) in [5.41, 5.74) is 8.68. The zero-order chi connectivity index (χ0) is 13.2. The zero-order valence-corrected chi connectivity index (χ0v) is 11.7. The number of hydrogen-bond donors (Lipinski definition) is 1. The van der Waals surface area contributed by atoms with Gasteiger partial charge >= 0.3 is 0 Å². The lowest BCUT2D eigenvalue weighted by molar-refractivity contribution is 0.565. The van der Waals surface area contributed by atoms with Gasteiger partial charge in [0.15, 0.2) is 0 Å². The molecule has 0 amide bonds. The van der Waals surface area contributed by atoms with Crippen molar-refractivity contribution in [1.82, 2.24) is 20.2 Å². The van der Waals surface area contributed by atoms with Crippen LogP contribution >= 0.6 is 11.8 Å². The van der Waals surface area contributed by atoms with E-state index in [4.69, 9.17) is 5.73 Å². The summed E-state index contributed by atoms with van der Waals surface area (Å²) in [7, 11) is 0. The van der Waals surface area contributed by atoms with Gasteiger partial charge in [0.2, 0.25) is 5.16 Å². The summed E-state index contributed by atoms with van der Waals surface area (Å²) in [6.45, 7) is 2.09. The summed E-state index contributed by atoms with van der Waals surface area (Å²) in [5.74, 6) is 0.790. The van der Waals surface area contributed by atoms with Gasteiger partial charge in [-0.15, -0.1) is 5.10 Å². The Kier molecular flexibility index (Phi) is 3.52. The van der Waals surface area contributed by atoms with E-state index in [0.717, 1.165) is 10.9 Å². The van der Waals surface area contributed by atoms with Crippen LogP contribution in [0.2, 0.25) is 0 Å². The first-order valence-corrected chi connectivity index (χ1v) is 7.46. The van der Waals surface area contributed by atoms with E-state index in [-0.39, 0.29) is 6.04 Å². The molecule has 1 fully saturated rings. The third-order valence-corrected chi connectivity index (χ3v) is 4.39. The molecule has 1 unspecified atom stereocenters. The summed E-state index contributed by atoms with van der Waals surface area (Å²) >= 11 is 1.64. The summed E-state index contributed by atoms with van der Waals surface area (Å²) in [6, 6.07) is 8.76. The third-order valence-electron chi connectivity index (χ3n) is 3.34. The lowest BCUT2D eigenvalue weighted by Gasteiger charge is -2.13. The highest BCUT2D eigenvalue weighted by molar-refractivity contribution is 7.99. The van der Waals surface area contributed by atoms with Crippen LogP contribution in [0.25, 0.3) is 0 Å². The van der Waals surface area contributed by atoms with Gasteiger partial charge in [-0.05, 0) is 41.3 Å². The molecule has 19 heavy (non-hydrogen) atoms. The van der Waals surface area contributed by atoms with Crippen molar-refractivity contribution < 1.29 is 0 Å². The molecule has 3 rings (SSSR count). The molecule has 2 aromatic rings. The number of thioether (sulfide) groups is 1. The number of tetrazole rings is 1. The molecule has 1 aromatic carbocycles.